The Hall–Kier alpha value is -2.89. The Morgan fingerprint density at radius 3 is 2.17 bits per heavy atom. The zero-order valence-electron chi connectivity index (χ0n) is 21.3. The third-order valence-electron chi connectivity index (χ3n) is 5.79. The van der Waals surface area contributed by atoms with Gasteiger partial charge in [0.1, 0.15) is 18.1 Å². The normalized spacial score (nSPS) is 18.1. The maximum atomic E-state index is 13.1. The zero-order chi connectivity index (χ0) is 26.7. The molecule has 1 aliphatic rings. The number of carboxylic acid groups (broad SMARTS) is 1. The summed E-state index contributed by atoms with van der Waals surface area (Å²) in [6.07, 6.45) is 2.59. The van der Waals surface area contributed by atoms with E-state index in [0.29, 0.717) is 45.2 Å². The van der Waals surface area contributed by atoms with Crippen molar-refractivity contribution in [2.24, 2.45) is 34.0 Å². The Bertz CT molecular complexity index is 767. The van der Waals surface area contributed by atoms with Crippen LogP contribution in [0.15, 0.2) is 4.99 Å². The summed E-state index contributed by atoms with van der Waals surface area (Å²) in [5, 5.41) is 14.8. The molecule has 9 N–H and O–H groups in total. The molecule has 1 rings (SSSR count). The number of aliphatic imine (C=N–C) groups is 1. The number of carbonyl (C=O) groups is 4. The van der Waals surface area contributed by atoms with Crippen molar-refractivity contribution in [2.45, 2.75) is 90.4 Å². The van der Waals surface area contributed by atoms with Gasteiger partial charge in [0.05, 0.1) is 6.04 Å². The van der Waals surface area contributed by atoms with E-state index in [1.165, 1.54) is 4.90 Å². The molecule has 0 aromatic rings. The number of nitrogens with one attached hydrogen (secondary N) is 2. The topological polar surface area (TPSA) is 206 Å². The fourth-order valence-corrected chi connectivity index (χ4v) is 4.09. The first-order chi connectivity index (χ1) is 16.3. The summed E-state index contributed by atoms with van der Waals surface area (Å²) < 4.78 is 0. The number of nitrogens with zero attached hydrogens (tertiary/aromatic N) is 2. The average Bonchev–Trinajstić information content (AvgIpc) is 3.24. The Labute approximate surface area is 207 Å². The van der Waals surface area contributed by atoms with E-state index in [2.05, 4.69) is 15.6 Å². The highest BCUT2D eigenvalue weighted by Gasteiger charge is 2.38. The van der Waals surface area contributed by atoms with Gasteiger partial charge in [0.15, 0.2) is 5.96 Å². The van der Waals surface area contributed by atoms with Crippen LogP contribution in [0.25, 0.3) is 0 Å². The van der Waals surface area contributed by atoms with E-state index in [1.807, 2.05) is 27.7 Å². The van der Waals surface area contributed by atoms with Crippen molar-refractivity contribution in [2.75, 3.05) is 13.1 Å². The number of carboxylic acids is 1. The summed E-state index contributed by atoms with van der Waals surface area (Å²) in [6, 6.07) is -3.49. The minimum Gasteiger partial charge on any atom is -0.480 e. The molecule has 0 aromatic carbocycles. The molecular formula is C23H43N7O5. The molecule has 4 atom stereocenters. The van der Waals surface area contributed by atoms with Crippen LogP contribution in [0, 0.1) is 11.8 Å². The van der Waals surface area contributed by atoms with Gasteiger partial charge in [-0.2, -0.15) is 0 Å². The smallest absolute Gasteiger partial charge is 0.326 e. The van der Waals surface area contributed by atoms with Crippen LogP contribution in [0.1, 0.15) is 66.2 Å². The lowest BCUT2D eigenvalue weighted by atomic mass is 10.00. The zero-order valence-corrected chi connectivity index (χ0v) is 21.3. The Kier molecular flexibility index (Phi) is 12.5. The van der Waals surface area contributed by atoms with E-state index in [-0.39, 0.29) is 30.1 Å². The predicted octanol–water partition coefficient (Wildman–Crippen LogP) is -0.495. The Morgan fingerprint density at radius 1 is 1.03 bits per heavy atom. The second-order valence-electron chi connectivity index (χ2n) is 9.96. The summed E-state index contributed by atoms with van der Waals surface area (Å²) in [5.74, 6) is -2.34. The fraction of sp³-hybridized carbons (Fsp3) is 0.783. The lowest BCUT2D eigenvalue weighted by Crippen LogP contribution is -2.57. The largest absolute Gasteiger partial charge is 0.480 e. The first kappa shape index (κ1) is 30.1. The van der Waals surface area contributed by atoms with Crippen molar-refractivity contribution >= 4 is 29.7 Å². The number of guanidine groups is 1. The summed E-state index contributed by atoms with van der Waals surface area (Å²) >= 11 is 0. The molecule has 1 fully saturated rings. The number of likely N-dealkylation sites (tertiary alicyclic amines) is 1. The minimum atomic E-state index is -1.12. The van der Waals surface area contributed by atoms with Gasteiger partial charge in [0.2, 0.25) is 17.7 Å². The van der Waals surface area contributed by atoms with Crippen LogP contribution < -0.4 is 27.8 Å². The molecule has 0 radical (unpaired) electrons. The van der Waals surface area contributed by atoms with E-state index < -0.39 is 42.0 Å². The fourth-order valence-electron chi connectivity index (χ4n) is 4.09. The Balaban J connectivity index is 2.84. The monoisotopic (exact) mass is 497 g/mol. The first-order valence-corrected chi connectivity index (χ1v) is 12.3. The minimum absolute atomic E-state index is 0.0277. The van der Waals surface area contributed by atoms with E-state index in [1.54, 1.807) is 0 Å². The third-order valence-corrected chi connectivity index (χ3v) is 5.79. The number of hydrogen-bond acceptors (Lipinski definition) is 6. The van der Waals surface area contributed by atoms with Gasteiger partial charge < -0.3 is 37.8 Å². The molecule has 1 aliphatic heterocycles. The van der Waals surface area contributed by atoms with Gasteiger partial charge in [0, 0.05) is 13.1 Å². The van der Waals surface area contributed by atoms with Crippen molar-refractivity contribution < 1.29 is 24.3 Å². The standard InChI is InChI=1S/C23H43N7O5/c1-13(2)11-16(19(31)29-17(22(34)35)12-14(3)4)28-20(32)18-8-6-10-30(18)21(33)15(24)7-5-9-27-23(25)26/h13-18H,5-12,24H2,1-4H3,(H,28,32)(H,29,31)(H,34,35)(H4,25,26,27). The van der Waals surface area contributed by atoms with Crippen LogP contribution >= 0.6 is 0 Å². The molecule has 1 heterocycles. The number of rotatable bonds is 14. The van der Waals surface area contributed by atoms with Crippen LogP contribution in [0.4, 0.5) is 0 Å². The van der Waals surface area contributed by atoms with Crippen molar-refractivity contribution in [3.63, 3.8) is 0 Å². The van der Waals surface area contributed by atoms with Crippen LogP contribution in [-0.4, -0.2) is 76.9 Å². The molecule has 200 valence electrons. The maximum absolute atomic E-state index is 13.1. The molecule has 0 aliphatic carbocycles. The van der Waals surface area contributed by atoms with Crippen LogP contribution in [0.3, 0.4) is 0 Å². The number of hydrogen-bond donors (Lipinski definition) is 6. The van der Waals surface area contributed by atoms with Crippen molar-refractivity contribution in [3.05, 3.63) is 0 Å². The van der Waals surface area contributed by atoms with Gasteiger partial charge in [-0.1, -0.05) is 27.7 Å². The first-order valence-electron chi connectivity index (χ1n) is 12.3. The van der Waals surface area contributed by atoms with E-state index in [0.717, 1.165) is 0 Å². The van der Waals surface area contributed by atoms with Crippen molar-refractivity contribution in [1.29, 1.82) is 0 Å². The lowest BCUT2D eigenvalue weighted by Gasteiger charge is -2.29. The van der Waals surface area contributed by atoms with Crippen LogP contribution in [-0.2, 0) is 19.2 Å². The SMILES string of the molecule is CC(C)CC(NC(=O)C(CC(C)C)NC(=O)C1CCCN1C(=O)C(N)CCCN=C(N)N)C(=O)O. The summed E-state index contributed by atoms with van der Waals surface area (Å²) in [4.78, 5) is 55.9. The molecule has 4 unspecified atom stereocenters. The highest BCUT2D eigenvalue weighted by molar-refractivity contribution is 5.94. The molecule has 0 bridgehead atoms. The van der Waals surface area contributed by atoms with E-state index in [4.69, 9.17) is 17.2 Å². The summed E-state index contributed by atoms with van der Waals surface area (Å²) in [6.45, 7) is 8.30. The Morgan fingerprint density at radius 2 is 1.63 bits per heavy atom. The number of nitrogens with two attached hydrogens (primary N) is 3. The molecular weight excluding hydrogens is 454 g/mol. The second kappa shape index (κ2) is 14.5. The summed E-state index contributed by atoms with van der Waals surface area (Å²) in [7, 11) is 0. The van der Waals surface area contributed by atoms with Gasteiger partial charge in [0.25, 0.3) is 0 Å². The molecule has 0 aromatic heterocycles. The van der Waals surface area contributed by atoms with Crippen molar-refractivity contribution in [3.8, 4) is 0 Å². The molecule has 3 amide bonds. The molecule has 0 saturated carbocycles. The highest BCUT2D eigenvalue weighted by atomic mass is 16.4. The van der Waals surface area contributed by atoms with Gasteiger partial charge in [-0.25, -0.2) is 4.79 Å². The second-order valence-corrected chi connectivity index (χ2v) is 9.96. The van der Waals surface area contributed by atoms with Gasteiger partial charge >= 0.3 is 5.97 Å². The van der Waals surface area contributed by atoms with Gasteiger partial charge in [-0.05, 0) is 50.4 Å². The van der Waals surface area contributed by atoms with Gasteiger partial charge in [-0.3, -0.25) is 19.4 Å². The highest BCUT2D eigenvalue weighted by Crippen LogP contribution is 2.20. The van der Waals surface area contributed by atoms with Gasteiger partial charge in [-0.15, -0.1) is 0 Å². The number of amides is 3. The predicted molar refractivity (Wildman–Crippen MR) is 133 cm³/mol. The van der Waals surface area contributed by atoms with E-state index in [9.17, 15) is 24.3 Å². The average molecular weight is 498 g/mol. The summed E-state index contributed by atoms with van der Waals surface area (Å²) in [5.41, 5.74) is 16.6. The van der Waals surface area contributed by atoms with E-state index >= 15 is 0 Å². The number of aliphatic carboxylic acids is 1. The molecule has 12 nitrogen and oxygen atoms in total. The molecule has 0 spiro atoms. The molecule has 12 heteroatoms. The quantitative estimate of drug-likeness (QED) is 0.104. The molecule has 35 heavy (non-hydrogen) atoms. The third kappa shape index (κ3) is 10.5. The lowest BCUT2D eigenvalue weighted by molar-refractivity contribution is -0.143. The maximum Gasteiger partial charge on any atom is 0.326 e. The van der Waals surface area contributed by atoms with Crippen molar-refractivity contribution in [1.82, 2.24) is 15.5 Å². The van der Waals surface area contributed by atoms with Crippen LogP contribution in [0.2, 0.25) is 0 Å². The molecule has 1 saturated heterocycles. The van der Waals surface area contributed by atoms with Crippen LogP contribution in [0.5, 0.6) is 0 Å². The number of carbonyl (C=O) groups excluding carboxylic acids is 3.